The molecule has 112 valence electrons. The van der Waals surface area contributed by atoms with Crippen molar-refractivity contribution in [3.8, 4) is 0 Å². The molecule has 1 aliphatic carbocycles. The van der Waals surface area contributed by atoms with Crippen molar-refractivity contribution in [1.29, 1.82) is 0 Å². The van der Waals surface area contributed by atoms with E-state index in [0.29, 0.717) is 19.0 Å². The van der Waals surface area contributed by atoms with E-state index in [1.165, 1.54) is 12.8 Å². The molecule has 21 heavy (non-hydrogen) atoms. The summed E-state index contributed by atoms with van der Waals surface area (Å²) in [5.74, 6) is 0.260. The van der Waals surface area contributed by atoms with Gasteiger partial charge in [0.2, 0.25) is 5.91 Å². The maximum absolute atomic E-state index is 12.2. The van der Waals surface area contributed by atoms with Gasteiger partial charge in [0.1, 0.15) is 0 Å². The molecule has 1 amide bonds. The number of hydrogen-bond donors (Lipinski definition) is 1. The van der Waals surface area contributed by atoms with E-state index in [1.54, 1.807) is 0 Å². The predicted molar refractivity (Wildman–Crippen MR) is 82.6 cm³/mol. The molecule has 1 aromatic rings. The standard InChI is InChI=1S/C17H22N2O2/c20-16-10-5-11-19(15-9-4-3-8-14(15)16)12-17(21)18-13-6-1-2-7-13/h3-4,8-9,13H,1-2,5-7,10-12H2,(H,18,21). The van der Waals surface area contributed by atoms with E-state index in [4.69, 9.17) is 0 Å². The SMILES string of the molecule is O=C(CN1CCCC(=O)c2ccccc21)NC1CCCC1. The second-order valence-electron chi connectivity index (χ2n) is 6.01. The van der Waals surface area contributed by atoms with Crippen LogP contribution in [0.1, 0.15) is 48.9 Å². The molecule has 0 radical (unpaired) electrons. The number of Topliss-reactive ketones (excluding diaryl/α,β-unsaturated/α-hetero) is 1. The fourth-order valence-electron chi connectivity index (χ4n) is 3.35. The molecule has 3 rings (SSSR count). The number of nitrogens with one attached hydrogen (secondary N) is 1. The van der Waals surface area contributed by atoms with E-state index in [0.717, 1.165) is 37.1 Å². The van der Waals surface area contributed by atoms with Gasteiger partial charge in [-0.3, -0.25) is 9.59 Å². The summed E-state index contributed by atoms with van der Waals surface area (Å²) >= 11 is 0. The molecule has 1 heterocycles. The van der Waals surface area contributed by atoms with Crippen molar-refractivity contribution in [1.82, 2.24) is 5.32 Å². The highest BCUT2D eigenvalue weighted by molar-refractivity contribution is 6.02. The summed E-state index contributed by atoms with van der Waals surface area (Å²) in [6.45, 7) is 1.11. The van der Waals surface area contributed by atoms with Crippen LogP contribution < -0.4 is 10.2 Å². The number of carbonyl (C=O) groups excluding carboxylic acids is 2. The van der Waals surface area contributed by atoms with E-state index >= 15 is 0 Å². The Balaban J connectivity index is 1.70. The first-order valence-corrected chi connectivity index (χ1v) is 7.90. The molecule has 1 saturated carbocycles. The Kier molecular flexibility index (Phi) is 4.23. The lowest BCUT2D eigenvalue weighted by atomic mass is 10.1. The summed E-state index contributed by atoms with van der Waals surface area (Å²) in [6.07, 6.45) is 6.00. The lowest BCUT2D eigenvalue weighted by Crippen LogP contribution is -2.41. The van der Waals surface area contributed by atoms with E-state index in [9.17, 15) is 9.59 Å². The van der Waals surface area contributed by atoms with Crippen molar-refractivity contribution in [3.63, 3.8) is 0 Å². The van der Waals surface area contributed by atoms with Crippen LogP contribution in [0.25, 0.3) is 0 Å². The lowest BCUT2D eigenvalue weighted by Gasteiger charge is -2.24. The predicted octanol–water partition coefficient (Wildman–Crippen LogP) is 2.53. The van der Waals surface area contributed by atoms with Crippen LogP contribution in [0.2, 0.25) is 0 Å². The van der Waals surface area contributed by atoms with Crippen LogP contribution in [0.4, 0.5) is 5.69 Å². The van der Waals surface area contributed by atoms with Crippen molar-refractivity contribution >= 4 is 17.4 Å². The normalized spacial score (nSPS) is 19.2. The zero-order valence-electron chi connectivity index (χ0n) is 12.3. The molecule has 1 fully saturated rings. The second-order valence-corrected chi connectivity index (χ2v) is 6.01. The Morgan fingerprint density at radius 1 is 1.19 bits per heavy atom. The zero-order chi connectivity index (χ0) is 14.7. The number of rotatable bonds is 3. The average molecular weight is 286 g/mol. The summed E-state index contributed by atoms with van der Waals surface area (Å²) in [7, 11) is 0. The third-order valence-electron chi connectivity index (χ3n) is 4.43. The Bertz CT molecular complexity index is 535. The second kappa shape index (κ2) is 6.29. The molecule has 0 unspecified atom stereocenters. The molecule has 4 nitrogen and oxygen atoms in total. The summed E-state index contributed by atoms with van der Waals surface area (Å²) in [6, 6.07) is 7.98. The van der Waals surface area contributed by atoms with E-state index in [-0.39, 0.29) is 11.7 Å². The highest BCUT2D eigenvalue weighted by Crippen LogP contribution is 2.26. The number of ketones is 1. The van der Waals surface area contributed by atoms with Gasteiger partial charge in [0.15, 0.2) is 5.78 Å². The summed E-state index contributed by atoms with van der Waals surface area (Å²) in [5.41, 5.74) is 1.66. The average Bonchev–Trinajstić information content (AvgIpc) is 2.93. The Morgan fingerprint density at radius 2 is 1.95 bits per heavy atom. The number of hydrogen-bond acceptors (Lipinski definition) is 3. The number of carbonyl (C=O) groups is 2. The highest BCUT2D eigenvalue weighted by atomic mass is 16.2. The van der Waals surface area contributed by atoms with Gasteiger partial charge in [-0.05, 0) is 31.4 Å². The fraction of sp³-hybridized carbons (Fsp3) is 0.529. The van der Waals surface area contributed by atoms with Crippen molar-refractivity contribution < 1.29 is 9.59 Å². The first-order chi connectivity index (χ1) is 10.2. The quantitative estimate of drug-likeness (QED) is 0.929. The third kappa shape index (κ3) is 3.26. The summed E-state index contributed by atoms with van der Waals surface area (Å²) in [4.78, 5) is 26.4. The van der Waals surface area contributed by atoms with Gasteiger partial charge in [0.25, 0.3) is 0 Å². The number of amides is 1. The van der Waals surface area contributed by atoms with Crippen LogP contribution in [0.5, 0.6) is 0 Å². The van der Waals surface area contributed by atoms with Gasteiger partial charge in [0, 0.05) is 30.3 Å². The number of fused-ring (bicyclic) bond motifs is 1. The molecule has 1 aromatic carbocycles. The maximum Gasteiger partial charge on any atom is 0.239 e. The molecular weight excluding hydrogens is 264 g/mol. The summed E-state index contributed by atoms with van der Waals surface area (Å²) in [5, 5.41) is 3.12. The van der Waals surface area contributed by atoms with Gasteiger partial charge < -0.3 is 10.2 Å². The van der Waals surface area contributed by atoms with Crippen LogP contribution in [0, 0.1) is 0 Å². The molecule has 1 N–H and O–H groups in total. The molecule has 0 aromatic heterocycles. The minimum absolute atomic E-state index is 0.0750. The number of anilines is 1. The van der Waals surface area contributed by atoms with Gasteiger partial charge in [-0.2, -0.15) is 0 Å². The number of benzene rings is 1. The fourth-order valence-corrected chi connectivity index (χ4v) is 3.35. The van der Waals surface area contributed by atoms with Crippen molar-refractivity contribution in [2.75, 3.05) is 18.0 Å². The maximum atomic E-state index is 12.2. The largest absolute Gasteiger partial charge is 0.362 e. The van der Waals surface area contributed by atoms with Gasteiger partial charge >= 0.3 is 0 Å². The Hall–Kier alpha value is -1.84. The Morgan fingerprint density at radius 3 is 2.76 bits per heavy atom. The van der Waals surface area contributed by atoms with Crippen LogP contribution in [-0.4, -0.2) is 30.8 Å². The van der Waals surface area contributed by atoms with Crippen LogP contribution in [0.15, 0.2) is 24.3 Å². The van der Waals surface area contributed by atoms with Gasteiger partial charge in [-0.1, -0.05) is 25.0 Å². The van der Waals surface area contributed by atoms with Crippen molar-refractivity contribution in [2.45, 2.75) is 44.6 Å². The Labute approximate surface area is 125 Å². The first kappa shape index (κ1) is 14.1. The first-order valence-electron chi connectivity index (χ1n) is 7.90. The number of nitrogens with zero attached hydrogens (tertiary/aromatic N) is 1. The van der Waals surface area contributed by atoms with Gasteiger partial charge in [0.05, 0.1) is 6.54 Å². The molecule has 4 heteroatoms. The van der Waals surface area contributed by atoms with Crippen molar-refractivity contribution in [3.05, 3.63) is 29.8 Å². The third-order valence-corrected chi connectivity index (χ3v) is 4.43. The van der Waals surface area contributed by atoms with Crippen molar-refractivity contribution in [2.24, 2.45) is 0 Å². The molecular formula is C17H22N2O2. The molecule has 0 saturated heterocycles. The molecule has 1 aliphatic heterocycles. The topological polar surface area (TPSA) is 49.4 Å². The summed E-state index contributed by atoms with van der Waals surface area (Å²) < 4.78 is 0. The van der Waals surface area contributed by atoms with Crippen LogP contribution in [-0.2, 0) is 4.79 Å². The van der Waals surface area contributed by atoms with Gasteiger partial charge in [-0.25, -0.2) is 0 Å². The van der Waals surface area contributed by atoms with Crippen LogP contribution >= 0.6 is 0 Å². The van der Waals surface area contributed by atoms with Crippen LogP contribution in [0.3, 0.4) is 0 Å². The molecule has 0 bridgehead atoms. The number of para-hydroxylation sites is 1. The minimum atomic E-state index is 0.0750. The monoisotopic (exact) mass is 286 g/mol. The zero-order valence-corrected chi connectivity index (χ0v) is 12.3. The van der Waals surface area contributed by atoms with E-state index in [1.807, 2.05) is 29.2 Å². The van der Waals surface area contributed by atoms with E-state index in [2.05, 4.69) is 5.32 Å². The van der Waals surface area contributed by atoms with E-state index < -0.39 is 0 Å². The highest BCUT2D eigenvalue weighted by Gasteiger charge is 2.23. The smallest absolute Gasteiger partial charge is 0.239 e. The lowest BCUT2D eigenvalue weighted by molar-refractivity contribution is -0.120. The molecule has 2 aliphatic rings. The molecule has 0 spiro atoms. The molecule has 0 atom stereocenters. The minimum Gasteiger partial charge on any atom is -0.362 e. The van der Waals surface area contributed by atoms with Gasteiger partial charge in [-0.15, -0.1) is 0 Å².